The molecule has 0 spiro atoms. The van der Waals surface area contributed by atoms with Crippen molar-refractivity contribution in [3.05, 3.63) is 87.4 Å². The third kappa shape index (κ3) is 9.46. The van der Waals surface area contributed by atoms with Gasteiger partial charge in [-0.2, -0.15) is 13.2 Å². The minimum atomic E-state index is -4.59. The van der Waals surface area contributed by atoms with E-state index in [4.69, 9.17) is 23.2 Å². The van der Waals surface area contributed by atoms with Gasteiger partial charge in [0.25, 0.3) is 11.8 Å². The Balaban J connectivity index is 1.83. The Labute approximate surface area is 239 Å². The summed E-state index contributed by atoms with van der Waals surface area (Å²) >= 11 is 11.9. The van der Waals surface area contributed by atoms with Crippen LogP contribution in [0.2, 0.25) is 10.0 Å². The van der Waals surface area contributed by atoms with E-state index < -0.39 is 29.6 Å². The van der Waals surface area contributed by atoms with Gasteiger partial charge in [-0.1, -0.05) is 55.5 Å². The number of halogens is 5. The molecule has 0 heterocycles. The number of hydrogen-bond acceptors (Lipinski definition) is 3. The van der Waals surface area contributed by atoms with Crippen molar-refractivity contribution in [2.75, 3.05) is 22.5 Å². The molecule has 212 valence electrons. The SMILES string of the molecule is CCCCCCNC(=O)c1cc(NC(=O)Nc2cc(Cl)cc(Cl)c2)cc(C(=O)Nc2cccc(C(F)(F)F)c2)c1. The summed E-state index contributed by atoms with van der Waals surface area (Å²) in [5.74, 6) is -1.25. The highest BCUT2D eigenvalue weighted by Crippen LogP contribution is 2.31. The summed E-state index contributed by atoms with van der Waals surface area (Å²) in [4.78, 5) is 38.5. The first-order chi connectivity index (χ1) is 18.9. The van der Waals surface area contributed by atoms with Crippen molar-refractivity contribution in [1.29, 1.82) is 0 Å². The van der Waals surface area contributed by atoms with Crippen molar-refractivity contribution in [1.82, 2.24) is 5.32 Å². The number of alkyl halides is 3. The van der Waals surface area contributed by atoms with E-state index in [1.165, 1.54) is 48.5 Å². The maximum atomic E-state index is 13.1. The highest BCUT2D eigenvalue weighted by Gasteiger charge is 2.30. The van der Waals surface area contributed by atoms with Crippen molar-refractivity contribution < 1.29 is 27.6 Å². The zero-order valence-electron chi connectivity index (χ0n) is 21.4. The summed E-state index contributed by atoms with van der Waals surface area (Å²) in [7, 11) is 0. The summed E-state index contributed by atoms with van der Waals surface area (Å²) in [6, 6.07) is 11.9. The van der Waals surface area contributed by atoms with Gasteiger partial charge in [0.15, 0.2) is 0 Å². The van der Waals surface area contributed by atoms with Crippen LogP contribution < -0.4 is 21.3 Å². The second-order valence-electron chi connectivity index (χ2n) is 8.89. The number of unbranched alkanes of at least 4 members (excludes halogenated alkanes) is 3. The number of anilines is 3. The van der Waals surface area contributed by atoms with Gasteiger partial charge < -0.3 is 21.3 Å². The molecule has 0 fully saturated rings. The fraction of sp³-hybridized carbons (Fsp3) is 0.250. The smallest absolute Gasteiger partial charge is 0.352 e. The molecule has 0 aliphatic carbocycles. The molecule has 0 saturated carbocycles. The minimum Gasteiger partial charge on any atom is -0.352 e. The summed E-state index contributed by atoms with van der Waals surface area (Å²) in [6.07, 6.45) is -0.813. The predicted octanol–water partition coefficient (Wildman–Crippen LogP) is 8.22. The lowest BCUT2D eigenvalue weighted by molar-refractivity contribution is -0.137. The average Bonchev–Trinajstić information content (AvgIpc) is 2.87. The molecular formula is C28H27Cl2F3N4O3. The molecule has 0 unspecified atom stereocenters. The Morgan fingerprint density at radius 2 is 1.35 bits per heavy atom. The molecule has 3 aromatic carbocycles. The van der Waals surface area contributed by atoms with Crippen molar-refractivity contribution in [3.63, 3.8) is 0 Å². The lowest BCUT2D eigenvalue weighted by Crippen LogP contribution is -2.26. The number of carbonyl (C=O) groups is 3. The molecular weight excluding hydrogens is 568 g/mol. The summed E-state index contributed by atoms with van der Waals surface area (Å²) in [5, 5.41) is 10.9. The molecule has 7 nitrogen and oxygen atoms in total. The Kier molecular flexibility index (Phi) is 10.8. The first kappa shape index (κ1) is 30.8. The monoisotopic (exact) mass is 594 g/mol. The molecule has 0 bridgehead atoms. The lowest BCUT2D eigenvalue weighted by Gasteiger charge is -2.13. The minimum absolute atomic E-state index is 0.0582. The summed E-state index contributed by atoms with van der Waals surface area (Å²) < 4.78 is 39.3. The molecule has 40 heavy (non-hydrogen) atoms. The maximum absolute atomic E-state index is 13.1. The van der Waals surface area contributed by atoms with Crippen LogP contribution >= 0.6 is 23.2 Å². The molecule has 4 amide bonds. The van der Waals surface area contributed by atoms with Gasteiger partial charge >= 0.3 is 12.2 Å². The van der Waals surface area contributed by atoms with E-state index >= 15 is 0 Å². The number of carbonyl (C=O) groups excluding carboxylic acids is 3. The van der Waals surface area contributed by atoms with E-state index in [0.717, 1.165) is 37.8 Å². The van der Waals surface area contributed by atoms with Crippen LogP contribution in [-0.2, 0) is 6.18 Å². The van der Waals surface area contributed by atoms with Crippen molar-refractivity contribution in [3.8, 4) is 0 Å². The summed E-state index contributed by atoms with van der Waals surface area (Å²) in [6.45, 7) is 2.48. The van der Waals surface area contributed by atoms with Gasteiger partial charge in [0.1, 0.15) is 0 Å². The molecule has 3 aromatic rings. The Bertz CT molecular complexity index is 1360. The Morgan fingerprint density at radius 3 is 1.98 bits per heavy atom. The number of hydrogen-bond donors (Lipinski definition) is 4. The fourth-order valence-corrected chi connectivity index (χ4v) is 4.24. The van der Waals surface area contributed by atoms with Gasteiger partial charge in [0, 0.05) is 44.8 Å². The van der Waals surface area contributed by atoms with Gasteiger partial charge in [-0.15, -0.1) is 0 Å². The van der Waals surface area contributed by atoms with Crippen LogP contribution in [-0.4, -0.2) is 24.4 Å². The fourth-order valence-electron chi connectivity index (χ4n) is 3.71. The molecule has 0 radical (unpaired) electrons. The van der Waals surface area contributed by atoms with Gasteiger partial charge in [-0.05, 0) is 61.0 Å². The van der Waals surface area contributed by atoms with Crippen molar-refractivity contribution in [2.45, 2.75) is 38.8 Å². The topological polar surface area (TPSA) is 99.3 Å². The van der Waals surface area contributed by atoms with Crippen LogP contribution in [0.5, 0.6) is 0 Å². The molecule has 0 atom stereocenters. The van der Waals surface area contributed by atoms with Crippen molar-refractivity contribution in [2.24, 2.45) is 0 Å². The van der Waals surface area contributed by atoms with Crippen LogP contribution in [0.3, 0.4) is 0 Å². The van der Waals surface area contributed by atoms with Crippen molar-refractivity contribution >= 4 is 58.1 Å². The molecule has 0 saturated heterocycles. The van der Waals surface area contributed by atoms with Crippen LogP contribution in [0.4, 0.5) is 35.0 Å². The van der Waals surface area contributed by atoms with E-state index in [-0.39, 0.29) is 22.5 Å². The Hall–Kier alpha value is -3.76. The second-order valence-corrected chi connectivity index (χ2v) is 9.76. The quantitative estimate of drug-likeness (QED) is 0.178. The molecule has 0 aliphatic heterocycles. The van der Waals surface area contributed by atoms with Crippen LogP contribution in [0.1, 0.15) is 58.9 Å². The number of urea groups is 1. The molecule has 4 N–H and O–H groups in total. The van der Waals surface area contributed by atoms with Gasteiger partial charge in [-0.25, -0.2) is 4.79 Å². The first-order valence-corrected chi connectivity index (χ1v) is 13.2. The first-order valence-electron chi connectivity index (χ1n) is 12.4. The van der Waals surface area contributed by atoms with Crippen LogP contribution in [0.25, 0.3) is 0 Å². The van der Waals surface area contributed by atoms with Gasteiger partial charge in [0.05, 0.1) is 5.56 Å². The zero-order chi connectivity index (χ0) is 29.3. The number of rotatable bonds is 10. The molecule has 12 heteroatoms. The maximum Gasteiger partial charge on any atom is 0.416 e. The standard InChI is InChI=1S/C28H27Cl2F3N4O3/c1-2-3-4-5-9-34-25(38)17-10-18(26(39)35-22-8-6-7-19(13-22)28(31,32)33)12-23(11-17)36-27(40)37-24-15-20(29)14-21(30)16-24/h6-8,10-16H,2-5,9H2,1H3,(H,34,38)(H,35,39)(H2,36,37,40). The highest BCUT2D eigenvalue weighted by molar-refractivity contribution is 6.35. The molecule has 0 aliphatic rings. The third-order valence-electron chi connectivity index (χ3n) is 5.60. The number of amides is 4. The molecule has 0 aromatic heterocycles. The molecule has 3 rings (SSSR count). The zero-order valence-corrected chi connectivity index (χ0v) is 22.9. The van der Waals surface area contributed by atoms with E-state index in [1.54, 1.807) is 0 Å². The normalized spacial score (nSPS) is 11.1. The Morgan fingerprint density at radius 1 is 0.725 bits per heavy atom. The van der Waals surface area contributed by atoms with Gasteiger partial charge in [0.2, 0.25) is 0 Å². The van der Waals surface area contributed by atoms with E-state index in [1.807, 2.05) is 0 Å². The van der Waals surface area contributed by atoms with Crippen LogP contribution in [0, 0.1) is 0 Å². The average molecular weight is 595 g/mol. The van der Waals surface area contributed by atoms with E-state index in [9.17, 15) is 27.6 Å². The van der Waals surface area contributed by atoms with Gasteiger partial charge in [-0.3, -0.25) is 9.59 Å². The van der Waals surface area contributed by atoms with E-state index in [2.05, 4.69) is 28.2 Å². The van der Waals surface area contributed by atoms with Crippen LogP contribution in [0.15, 0.2) is 60.7 Å². The van der Waals surface area contributed by atoms with E-state index in [0.29, 0.717) is 22.3 Å². The summed E-state index contributed by atoms with van der Waals surface area (Å²) in [5.41, 5.74) is -0.597. The largest absolute Gasteiger partial charge is 0.416 e. The number of nitrogens with one attached hydrogen (secondary N) is 4. The predicted molar refractivity (Wildman–Crippen MR) is 151 cm³/mol. The number of benzene rings is 3. The third-order valence-corrected chi connectivity index (χ3v) is 6.04. The lowest BCUT2D eigenvalue weighted by atomic mass is 10.1. The second kappa shape index (κ2) is 14.0. The highest BCUT2D eigenvalue weighted by atomic mass is 35.5.